The van der Waals surface area contributed by atoms with E-state index < -0.39 is 37.2 Å². The molecule has 0 spiro atoms. The van der Waals surface area contributed by atoms with Crippen LogP contribution >= 0.6 is 0 Å². The van der Waals surface area contributed by atoms with E-state index in [0.29, 0.717) is 71.3 Å². The zero-order valence-electron chi connectivity index (χ0n) is 38.1. The van der Waals surface area contributed by atoms with E-state index in [1.165, 1.54) is 0 Å². The molecule has 6 aromatic rings. The Balaban J connectivity index is 0.000000247. The van der Waals surface area contributed by atoms with Gasteiger partial charge in [-0.2, -0.15) is 9.97 Å². The van der Waals surface area contributed by atoms with E-state index in [1.54, 1.807) is 12.1 Å². The van der Waals surface area contributed by atoms with Gasteiger partial charge in [-0.25, -0.2) is 19.9 Å². The van der Waals surface area contributed by atoms with Crippen molar-refractivity contribution in [3.8, 4) is 57.4 Å². The minimum atomic E-state index is -0.915. The van der Waals surface area contributed by atoms with Crippen molar-refractivity contribution in [3.05, 3.63) is 70.0 Å². The number of aromatic nitrogens is 8. The SMILES string of the molecule is CCNc1nc(C)cc(-c2nc(-c3cc(C)c(OCC(O)CNC(=O)CO)c(C)c3)no2)n1.CCNc1nc(C)cc(-c2nc(-c3cc(C)c(OCC(O)CNC(=O)CO)c(C)c3)no2)n1. The largest absolute Gasteiger partial charge is 0.490 e. The average molecular weight is 913 g/mol. The second kappa shape index (κ2) is 23.7. The molecule has 0 aliphatic rings. The zero-order valence-corrected chi connectivity index (χ0v) is 38.1. The molecule has 22 heteroatoms. The summed E-state index contributed by atoms with van der Waals surface area (Å²) in [5.74, 6) is 2.54. The summed E-state index contributed by atoms with van der Waals surface area (Å²) in [6.45, 7) is 15.3. The summed E-state index contributed by atoms with van der Waals surface area (Å²) in [7, 11) is 0. The van der Waals surface area contributed by atoms with Crippen molar-refractivity contribution >= 4 is 23.7 Å². The highest BCUT2D eigenvalue weighted by Crippen LogP contribution is 2.32. The second-order valence-electron chi connectivity index (χ2n) is 15.1. The van der Waals surface area contributed by atoms with E-state index in [-0.39, 0.29) is 26.3 Å². The van der Waals surface area contributed by atoms with Crippen molar-refractivity contribution in [3.63, 3.8) is 0 Å². The van der Waals surface area contributed by atoms with Crippen LogP contribution in [0.1, 0.15) is 47.5 Å². The van der Waals surface area contributed by atoms with E-state index in [0.717, 1.165) is 44.8 Å². The summed E-state index contributed by atoms with van der Waals surface area (Å²) >= 11 is 0. The van der Waals surface area contributed by atoms with Crippen LogP contribution in [-0.4, -0.2) is 137 Å². The number of hydrogen-bond acceptors (Lipinski definition) is 20. The lowest BCUT2D eigenvalue weighted by atomic mass is 10.1. The molecule has 6 rings (SSSR count). The van der Waals surface area contributed by atoms with Crippen molar-refractivity contribution in [2.24, 2.45) is 0 Å². The average Bonchev–Trinajstić information content (AvgIpc) is 3.99. The van der Waals surface area contributed by atoms with Crippen LogP contribution in [0.3, 0.4) is 0 Å². The van der Waals surface area contributed by atoms with Crippen LogP contribution in [0.5, 0.6) is 11.5 Å². The first kappa shape index (κ1) is 49.9. The van der Waals surface area contributed by atoms with Gasteiger partial charge in [0.25, 0.3) is 11.8 Å². The number of carbonyl (C=O) groups excluding carboxylic acids is 2. The first-order chi connectivity index (χ1) is 31.6. The molecular weight excluding hydrogens is 857 g/mol. The molecule has 0 aliphatic heterocycles. The van der Waals surface area contributed by atoms with Gasteiger partial charge < -0.3 is 60.2 Å². The fourth-order valence-corrected chi connectivity index (χ4v) is 6.39. The molecule has 4 aromatic heterocycles. The van der Waals surface area contributed by atoms with Crippen LogP contribution < -0.4 is 30.7 Å². The number of nitrogens with one attached hydrogen (secondary N) is 4. The molecule has 2 atom stereocenters. The summed E-state index contributed by atoms with van der Waals surface area (Å²) in [6.07, 6.45) is -1.83. The first-order valence-electron chi connectivity index (χ1n) is 21.1. The molecular formula is C44H56N12O10. The second-order valence-corrected chi connectivity index (χ2v) is 15.1. The van der Waals surface area contributed by atoms with Crippen LogP contribution in [0.25, 0.3) is 45.9 Å². The fraction of sp³-hybridized carbons (Fsp3) is 0.409. The molecule has 8 N–H and O–H groups in total. The summed E-state index contributed by atoms with van der Waals surface area (Å²) < 4.78 is 22.4. The van der Waals surface area contributed by atoms with E-state index >= 15 is 0 Å². The number of aryl methyl sites for hydroxylation is 6. The highest BCUT2D eigenvalue weighted by atomic mass is 16.5. The molecule has 22 nitrogen and oxygen atoms in total. The number of aliphatic hydroxyl groups excluding tert-OH is 4. The van der Waals surface area contributed by atoms with Gasteiger partial charge in [-0.3, -0.25) is 9.59 Å². The Morgan fingerprint density at radius 1 is 0.576 bits per heavy atom. The summed E-state index contributed by atoms with van der Waals surface area (Å²) in [6, 6.07) is 11.0. The number of rotatable bonds is 20. The Kier molecular flexibility index (Phi) is 17.9. The van der Waals surface area contributed by atoms with Crippen molar-refractivity contribution in [2.45, 2.75) is 67.6 Å². The van der Waals surface area contributed by atoms with Crippen molar-refractivity contribution < 1.29 is 48.5 Å². The predicted octanol–water partition coefficient (Wildman–Crippen LogP) is 2.80. The van der Waals surface area contributed by atoms with Crippen molar-refractivity contribution in [2.75, 3.05) is 63.2 Å². The number of ether oxygens (including phenoxy) is 2. The van der Waals surface area contributed by atoms with E-state index in [2.05, 4.69) is 61.5 Å². The highest BCUT2D eigenvalue weighted by molar-refractivity contribution is 5.77. The molecule has 4 heterocycles. The molecule has 66 heavy (non-hydrogen) atoms. The lowest BCUT2D eigenvalue weighted by Crippen LogP contribution is -2.36. The summed E-state index contributed by atoms with van der Waals surface area (Å²) in [5, 5.41) is 56.5. The molecule has 0 bridgehead atoms. The lowest BCUT2D eigenvalue weighted by molar-refractivity contribution is -0.125. The molecule has 2 amide bonds. The van der Waals surface area contributed by atoms with Crippen LogP contribution in [-0.2, 0) is 9.59 Å². The maximum atomic E-state index is 11.1. The lowest BCUT2D eigenvalue weighted by Gasteiger charge is -2.16. The van der Waals surface area contributed by atoms with E-state index in [9.17, 15) is 19.8 Å². The Hall–Kier alpha value is -7.14. The zero-order chi connectivity index (χ0) is 47.9. The van der Waals surface area contributed by atoms with Crippen LogP contribution in [0.15, 0.2) is 45.4 Å². The molecule has 352 valence electrons. The monoisotopic (exact) mass is 912 g/mol. The third kappa shape index (κ3) is 13.9. The van der Waals surface area contributed by atoms with Gasteiger partial charge in [-0.05, 0) is 114 Å². The van der Waals surface area contributed by atoms with Gasteiger partial charge in [-0.1, -0.05) is 10.3 Å². The van der Waals surface area contributed by atoms with E-state index in [4.69, 9.17) is 28.7 Å². The number of benzene rings is 2. The summed E-state index contributed by atoms with van der Waals surface area (Å²) in [5.41, 5.74) is 7.45. The number of amides is 2. The quantitative estimate of drug-likeness (QED) is 0.0546. The van der Waals surface area contributed by atoms with Crippen molar-refractivity contribution in [1.82, 2.24) is 50.9 Å². The van der Waals surface area contributed by atoms with Gasteiger partial charge in [0.05, 0.1) is 0 Å². The highest BCUT2D eigenvalue weighted by Gasteiger charge is 2.19. The molecule has 2 aromatic carbocycles. The van der Waals surface area contributed by atoms with Crippen molar-refractivity contribution in [1.29, 1.82) is 0 Å². The predicted molar refractivity (Wildman–Crippen MR) is 241 cm³/mol. The number of anilines is 2. The van der Waals surface area contributed by atoms with E-state index in [1.807, 2.05) is 79.7 Å². The Morgan fingerprint density at radius 2 is 0.939 bits per heavy atom. The molecule has 0 radical (unpaired) electrons. The Morgan fingerprint density at radius 3 is 1.27 bits per heavy atom. The van der Waals surface area contributed by atoms with Crippen LogP contribution in [0.2, 0.25) is 0 Å². The number of carbonyl (C=O) groups is 2. The minimum absolute atomic E-state index is 0.0136. The van der Waals surface area contributed by atoms with Gasteiger partial charge in [0, 0.05) is 48.7 Å². The topological polar surface area (TPSA) is 311 Å². The van der Waals surface area contributed by atoms with Crippen LogP contribution in [0, 0.1) is 41.5 Å². The Bertz CT molecular complexity index is 2360. The van der Waals surface area contributed by atoms with Gasteiger partial charge in [0.15, 0.2) is 0 Å². The normalized spacial score (nSPS) is 11.8. The smallest absolute Gasteiger partial charge is 0.277 e. The minimum Gasteiger partial charge on any atom is -0.490 e. The van der Waals surface area contributed by atoms with Gasteiger partial charge in [0.1, 0.15) is 61.5 Å². The molecule has 0 saturated heterocycles. The van der Waals surface area contributed by atoms with Gasteiger partial charge in [0.2, 0.25) is 35.4 Å². The first-order valence-corrected chi connectivity index (χ1v) is 21.1. The third-order valence-corrected chi connectivity index (χ3v) is 9.30. The third-order valence-electron chi connectivity index (χ3n) is 9.30. The number of hydrogen-bond donors (Lipinski definition) is 8. The van der Waals surface area contributed by atoms with Gasteiger partial charge in [-0.15, -0.1) is 0 Å². The maximum absolute atomic E-state index is 11.1. The number of nitrogens with zero attached hydrogens (tertiary/aromatic N) is 8. The maximum Gasteiger partial charge on any atom is 0.277 e. The standard InChI is InChI=1S/2C22H28N6O5/c2*1-5-23-22-25-14(4)8-17(26-22)21-27-20(28-33-21)15-6-12(2)19(13(3)7-15)32-11-16(30)9-24-18(31)10-29/h2*6-8,16,29-30H,5,9-11H2,1-4H3,(H,24,31)(H,23,25,26). The molecule has 0 aliphatic carbocycles. The Labute approximate surface area is 380 Å². The molecule has 0 fully saturated rings. The molecule has 0 saturated carbocycles. The summed E-state index contributed by atoms with van der Waals surface area (Å²) in [4.78, 5) is 48.6. The number of aliphatic hydroxyl groups is 4. The molecule has 2 unspecified atom stereocenters. The van der Waals surface area contributed by atoms with Gasteiger partial charge >= 0.3 is 0 Å². The fourth-order valence-electron chi connectivity index (χ4n) is 6.39. The van der Waals surface area contributed by atoms with Crippen LogP contribution in [0.4, 0.5) is 11.9 Å².